The van der Waals surface area contributed by atoms with Crippen LogP contribution in [0.5, 0.6) is 0 Å². The van der Waals surface area contributed by atoms with Crippen LogP contribution in [0.2, 0.25) is 0 Å². The van der Waals surface area contributed by atoms with Crippen molar-refractivity contribution in [1.82, 2.24) is 14.8 Å². The highest BCUT2D eigenvalue weighted by atomic mass is 16.2. The molecule has 2 aliphatic heterocycles. The van der Waals surface area contributed by atoms with Crippen LogP contribution in [0.25, 0.3) is 0 Å². The number of hydrogen-bond acceptors (Lipinski definition) is 3. The molecule has 5 nitrogen and oxygen atoms in total. The van der Waals surface area contributed by atoms with Gasteiger partial charge in [-0.15, -0.1) is 0 Å². The Hall–Kier alpha value is -2.69. The first-order valence-electron chi connectivity index (χ1n) is 10.7. The predicted molar refractivity (Wildman–Crippen MR) is 112 cm³/mol. The minimum Gasteiger partial charge on any atom is -0.334 e. The van der Waals surface area contributed by atoms with Gasteiger partial charge in [0.1, 0.15) is 6.04 Å². The molecule has 0 N–H and O–H groups in total. The summed E-state index contributed by atoms with van der Waals surface area (Å²) in [5.41, 5.74) is 2.83. The minimum absolute atomic E-state index is 0.0193. The second-order valence-corrected chi connectivity index (χ2v) is 8.25. The van der Waals surface area contributed by atoms with Crippen LogP contribution >= 0.6 is 0 Å². The van der Waals surface area contributed by atoms with Gasteiger partial charge in [0.05, 0.1) is 6.04 Å². The molecule has 3 atom stereocenters. The van der Waals surface area contributed by atoms with E-state index in [0.29, 0.717) is 6.54 Å². The standard InChI is InChI=1S/C24H29N3O2/c1-3-17(2)22(27-16-19-9-4-5-11-20(19)23(27)28)24(29)26-14-7-6-12-21(26)18-10-8-13-25-15-18/h4-5,8-11,13,15,17,21-22H,3,6-7,12,14,16H2,1-2H3. The first kappa shape index (κ1) is 19.6. The average molecular weight is 392 g/mol. The van der Waals surface area contributed by atoms with Crippen LogP contribution in [0, 0.1) is 5.92 Å². The van der Waals surface area contributed by atoms with Crippen LogP contribution in [0.15, 0.2) is 48.8 Å². The van der Waals surface area contributed by atoms with Crippen LogP contribution in [-0.2, 0) is 11.3 Å². The number of aromatic nitrogens is 1. The quantitative estimate of drug-likeness (QED) is 0.767. The fourth-order valence-corrected chi connectivity index (χ4v) is 4.69. The molecular formula is C24H29N3O2. The second-order valence-electron chi connectivity index (χ2n) is 8.25. The van der Waals surface area contributed by atoms with Gasteiger partial charge in [0.2, 0.25) is 5.91 Å². The predicted octanol–water partition coefficient (Wildman–Crippen LogP) is 4.21. The molecule has 4 rings (SSSR count). The van der Waals surface area contributed by atoms with Crippen molar-refractivity contribution in [1.29, 1.82) is 0 Å². The van der Waals surface area contributed by atoms with Crippen LogP contribution < -0.4 is 0 Å². The fraction of sp³-hybridized carbons (Fsp3) is 0.458. The van der Waals surface area contributed by atoms with Gasteiger partial charge in [0, 0.05) is 31.0 Å². The molecule has 3 unspecified atom stereocenters. The Bertz CT molecular complexity index is 883. The fourth-order valence-electron chi connectivity index (χ4n) is 4.69. The van der Waals surface area contributed by atoms with E-state index in [1.54, 1.807) is 11.1 Å². The minimum atomic E-state index is -0.433. The molecule has 1 saturated heterocycles. The zero-order valence-corrected chi connectivity index (χ0v) is 17.3. The van der Waals surface area contributed by atoms with Gasteiger partial charge in [-0.1, -0.05) is 44.5 Å². The van der Waals surface area contributed by atoms with E-state index in [-0.39, 0.29) is 23.8 Å². The highest BCUT2D eigenvalue weighted by Gasteiger charge is 2.42. The largest absolute Gasteiger partial charge is 0.334 e. The summed E-state index contributed by atoms with van der Waals surface area (Å²) in [5.74, 6) is 0.153. The van der Waals surface area contributed by atoms with Crippen LogP contribution in [0.1, 0.15) is 67.1 Å². The van der Waals surface area contributed by atoms with Crippen LogP contribution in [0.4, 0.5) is 0 Å². The lowest BCUT2D eigenvalue weighted by atomic mass is 9.91. The molecule has 2 amide bonds. The maximum absolute atomic E-state index is 13.9. The van der Waals surface area contributed by atoms with Gasteiger partial charge >= 0.3 is 0 Å². The van der Waals surface area contributed by atoms with Gasteiger partial charge in [-0.2, -0.15) is 0 Å². The summed E-state index contributed by atoms with van der Waals surface area (Å²) < 4.78 is 0. The number of carbonyl (C=O) groups is 2. The van der Waals surface area contributed by atoms with E-state index < -0.39 is 6.04 Å². The van der Waals surface area contributed by atoms with E-state index in [1.807, 2.05) is 41.4 Å². The molecule has 0 saturated carbocycles. The Labute approximate surface area is 172 Å². The summed E-state index contributed by atoms with van der Waals surface area (Å²) in [6.45, 7) is 5.43. The highest BCUT2D eigenvalue weighted by Crippen LogP contribution is 2.35. The number of hydrogen-bond donors (Lipinski definition) is 0. The lowest BCUT2D eigenvalue weighted by Crippen LogP contribution is -2.53. The normalized spacial score (nSPS) is 21.0. The van der Waals surface area contributed by atoms with E-state index in [0.717, 1.165) is 48.9 Å². The molecule has 152 valence electrons. The van der Waals surface area contributed by atoms with Crippen molar-refractivity contribution in [2.75, 3.05) is 6.54 Å². The van der Waals surface area contributed by atoms with E-state index in [4.69, 9.17) is 0 Å². The number of carbonyl (C=O) groups excluding carboxylic acids is 2. The maximum atomic E-state index is 13.9. The molecule has 1 aromatic heterocycles. The van der Waals surface area contributed by atoms with Gasteiger partial charge in [0.15, 0.2) is 0 Å². The Morgan fingerprint density at radius 3 is 2.76 bits per heavy atom. The maximum Gasteiger partial charge on any atom is 0.255 e. The Morgan fingerprint density at radius 2 is 2.03 bits per heavy atom. The highest BCUT2D eigenvalue weighted by molar-refractivity contribution is 6.01. The zero-order chi connectivity index (χ0) is 20.4. The molecule has 3 heterocycles. The number of benzene rings is 1. The van der Waals surface area contributed by atoms with Gasteiger partial charge in [-0.05, 0) is 48.4 Å². The molecule has 0 aliphatic carbocycles. The zero-order valence-electron chi connectivity index (χ0n) is 17.3. The summed E-state index contributed by atoms with van der Waals surface area (Å²) in [6, 6.07) is 11.3. The SMILES string of the molecule is CCC(C)C(C(=O)N1CCCCC1c1cccnc1)N1Cc2ccccc2C1=O. The molecule has 2 aliphatic rings. The molecule has 5 heteroatoms. The third-order valence-electron chi connectivity index (χ3n) is 6.48. The first-order valence-corrected chi connectivity index (χ1v) is 10.7. The van der Waals surface area contributed by atoms with Gasteiger partial charge in [-0.3, -0.25) is 14.6 Å². The summed E-state index contributed by atoms with van der Waals surface area (Å²) >= 11 is 0. The first-order chi connectivity index (χ1) is 14.1. The molecule has 0 spiro atoms. The van der Waals surface area contributed by atoms with Gasteiger partial charge < -0.3 is 9.80 Å². The Morgan fingerprint density at radius 1 is 1.21 bits per heavy atom. The third-order valence-corrected chi connectivity index (χ3v) is 6.48. The monoisotopic (exact) mass is 391 g/mol. The third kappa shape index (κ3) is 3.66. The lowest BCUT2D eigenvalue weighted by Gasteiger charge is -2.41. The number of rotatable bonds is 5. The number of piperidine rings is 1. The van der Waals surface area contributed by atoms with Crippen LogP contribution in [-0.4, -0.2) is 39.2 Å². The van der Waals surface area contributed by atoms with Crippen molar-refractivity contribution in [3.05, 3.63) is 65.5 Å². The van der Waals surface area contributed by atoms with Crippen molar-refractivity contribution in [3.8, 4) is 0 Å². The van der Waals surface area contributed by atoms with E-state index in [9.17, 15) is 9.59 Å². The number of fused-ring (bicyclic) bond motifs is 1. The molecule has 2 aromatic rings. The van der Waals surface area contributed by atoms with Crippen molar-refractivity contribution in [2.45, 2.75) is 58.2 Å². The van der Waals surface area contributed by atoms with Gasteiger partial charge in [-0.25, -0.2) is 0 Å². The number of likely N-dealkylation sites (tertiary alicyclic amines) is 1. The topological polar surface area (TPSA) is 53.5 Å². The van der Waals surface area contributed by atoms with Crippen molar-refractivity contribution >= 4 is 11.8 Å². The van der Waals surface area contributed by atoms with Crippen molar-refractivity contribution in [2.24, 2.45) is 5.92 Å². The molecular weight excluding hydrogens is 362 g/mol. The summed E-state index contributed by atoms with van der Waals surface area (Å²) in [6.07, 6.45) is 7.53. The lowest BCUT2D eigenvalue weighted by molar-refractivity contribution is -0.142. The Kier molecular flexibility index (Phi) is 5.65. The van der Waals surface area contributed by atoms with E-state index in [2.05, 4.69) is 24.9 Å². The summed E-state index contributed by atoms with van der Waals surface area (Å²) in [5, 5.41) is 0. The van der Waals surface area contributed by atoms with E-state index >= 15 is 0 Å². The van der Waals surface area contributed by atoms with Crippen LogP contribution in [0.3, 0.4) is 0 Å². The Balaban J connectivity index is 1.65. The molecule has 0 bridgehead atoms. The average Bonchev–Trinajstić information content (AvgIpc) is 3.10. The summed E-state index contributed by atoms with van der Waals surface area (Å²) in [7, 11) is 0. The number of amides is 2. The van der Waals surface area contributed by atoms with Crippen molar-refractivity contribution < 1.29 is 9.59 Å². The second kappa shape index (κ2) is 8.36. The van der Waals surface area contributed by atoms with E-state index in [1.165, 1.54) is 0 Å². The molecule has 1 fully saturated rings. The number of nitrogens with zero attached hydrogens (tertiary/aromatic N) is 3. The molecule has 29 heavy (non-hydrogen) atoms. The smallest absolute Gasteiger partial charge is 0.255 e. The molecule has 0 radical (unpaired) electrons. The van der Waals surface area contributed by atoms with Crippen molar-refractivity contribution in [3.63, 3.8) is 0 Å². The van der Waals surface area contributed by atoms with Gasteiger partial charge in [0.25, 0.3) is 5.91 Å². The summed E-state index contributed by atoms with van der Waals surface area (Å²) in [4.78, 5) is 35.1. The molecule has 1 aromatic carbocycles. The number of pyridine rings is 1.